The third kappa shape index (κ3) is 5.26. The molecule has 1 aromatic rings. The minimum absolute atomic E-state index is 0.116. The maximum absolute atomic E-state index is 11.8. The van der Waals surface area contributed by atoms with Crippen molar-refractivity contribution in [3.8, 4) is 0 Å². The van der Waals surface area contributed by atoms with Crippen molar-refractivity contribution in [2.24, 2.45) is 0 Å². The van der Waals surface area contributed by atoms with Crippen molar-refractivity contribution in [2.75, 3.05) is 13.7 Å². The van der Waals surface area contributed by atoms with E-state index in [4.69, 9.17) is 0 Å². The number of hydrogen-bond donors (Lipinski definition) is 2. The lowest BCUT2D eigenvalue weighted by Crippen LogP contribution is -2.30. The SMILES string of the molecule is COC(=O)CCCCCNC(=O)c1ccc(C)[nH]c1=O. The minimum atomic E-state index is -0.381. The lowest BCUT2D eigenvalue weighted by atomic mass is 10.2. The molecule has 1 rings (SSSR count). The Labute approximate surface area is 117 Å². The van der Waals surface area contributed by atoms with Crippen molar-refractivity contribution >= 4 is 11.9 Å². The van der Waals surface area contributed by atoms with Gasteiger partial charge in [-0.25, -0.2) is 0 Å². The van der Waals surface area contributed by atoms with Crippen molar-refractivity contribution in [3.05, 3.63) is 33.7 Å². The summed E-state index contributed by atoms with van der Waals surface area (Å²) in [5, 5.41) is 2.69. The van der Waals surface area contributed by atoms with Crippen LogP contribution in [0.1, 0.15) is 41.7 Å². The highest BCUT2D eigenvalue weighted by Gasteiger charge is 2.09. The van der Waals surface area contributed by atoms with Crippen LogP contribution in [0.25, 0.3) is 0 Å². The zero-order valence-corrected chi connectivity index (χ0v) is 11.8. The van der Waals surface area contributed by atoms with Crippen LogP contribution in [0.4, 0.5) is 0 Å². The number of aromatic nitrogens is 1. The fraction of sp³-hybridized carbons (Fsp3) is 0.500. The number of ether oxygens (including phenoxy) is 1. The van der Waals surface area contributed by atoms with Gasteiger partial charge in [0.15, 0.2) is 0 Å². The average Bonchev–Trinajstić information content (AvgIpc) is 2.42. The molecular weight excluding hydrogens is 260 g/mol. The quantitative estimate of drug-likeness (QED) is 0.579. The number of aryl methyl sites for hydroxylation is 1. The molecule has 6 heteroatoms. The third-order valence-electron chi connectivity index (χ3n) is 2.87. The average molecular weight is 280 g/mol. The second kappa shape index (κ2) is 8.14. The molecule has 0 saturated heterocycles. The van der Waals surface area contributed by atoms with E-state index in [1.165, 1.54) is 13.2 Å². The van der Waals surface area contributed by atoms with Crippen LogP contribution in [-0.2, 0) is 9.53 Å². The number of nitrogens with one attached hydrogen (secondary N) is 2. The summed E-state index contributed by atoms with van der Waals surface area (Å²) in [5.74, 6) is -0.598. The van der Waals surface area contributed by atoms with Gasteiger partial charge in [-0.3, -0.25) is 14.4 Å². The summed E-state index contributed by atoms with van der Waals surface area (Å²) in [4.78, 5) is 36.8. The fourth-order valence-corrected chi connectivity index (χ4v) is 1.72. The van der Waals surface area contributed by atoms with Gasteiger partial charge in [-0.2, -0.15) is 0 Å². The highest BCUT2D eigenvalue weighted by Crippen LogP contribution is 2.00. The molecule has 0 spiro atoms. The maximum Gasteiger partial charge on any atom is 0.305 e. The van der Waals surface area contributed by atoms with Gasteiger partial charge in [-0.15, -0.1) is 0 Å². The first-order valence-electron chi connectivity index (χ1n) is 6.59. The van der Waals surface area contributed by atoms with E-state index in [-0.39, 0.29) is 23.0 Å². The molecule has 1 amide bonds. The van der Waals surface area contributed by atoms with Gasteiger partial charge in [0.2, 0.25) is 0 Å². The standard InChI is InChI=1S/C14H20N2O4/c1-10-7-8-11(14(19)16-10)13(18)15-9-5-3-4-6-12(17)20-2/h7-8H,3-6,9H2,1-2H3,(H,15,18)(H,16,19). The number of pyridine rings is 1. The minimum Gasteiger partial charge on any atom is -0.469 e. The highest BCUT2D eigenvalue weighted by atomic mass is 16.5. The van der Waals surface area contributed by atoms with Crippen LogP contribution < -0.4 is 10.9 Å². The first kappa shape index (κ1) is 15.9. The van der Waals surface area contributed by atoms with Crippen LogP contribution in [0.15, 0.2) is 16.9 Å². The Kier molecular flexibility index (Phi) is 6.49. The Balaban J connectivity index is 2.27. The van der Waals surface area contributed by atoms with Crippen LogP contribution in [0, 0.1) is 6.92 Å². The van der Waals surface area contributed by atoms with E-state index in [9.17, 15) is 14.4 Å². The maximum atomic E-state index is 11.8. The topological polar surface area (TPSA) is 88.3 Å². The number of carbonyl (C=O) groups excluding carboxylic acids is 2. The molecular formula is C14H20N2O4. The Morgan fingerprint density at radius 3 is 2.65 bits per heavy atom. The molecule has 0 radical (unpaired) electrons. The number of aromatic amines is 1. The summed E-state index contributed by atoms with van der Waals surface area (Å²) in [5.41, 5.74) is 0.452. The Hall–Kier alpha value is -2.11. The van der Waals surface area contributed by atoms with Gasteiger partial charge < -0.3 is 15.0 Å². The molecule has 110 valence electrons. The summed E-state index contributed by atoms with van der Waals surface area (Å²) in [7, 11) is 1.36. The summed E-state index contributed by atoms with van der Waals surface area (Å²) in [6.45, 7) is 2.23. The summed E-state index contributed by atoms with van der Waals surface area (Å²) < 4.78 is 4.53. The van der Waals surface area contributed by atoms with Gasteiger partial charge in [0.25, 0.3) is 11.5 Å². The first-order valence-corrected chi connectivity index (χ1v) is 6.59. The Bertz CT molecular complexity index is 522. The number of esters is 1. The zero-order chi connectivity index (χ0) is 15.0. The molecule has 1 aromatic heterocycles. The van der Waals surface area contributed by atoms with E-state index in [2.05, 4.69) is 15.0 Å². The summed E-state index contributed by atoms with van der Waals surface area (Å²) in [6.07, 6.45) is 2.70. The predicted molar refractivity (Wildman–Crippen MR) is 74.6 cm³/mol. The molecule has 0 bridgehead atoms. The molecule has 0 atom stereocenters. The molecule has 1 heterocycles. The number of carbonyl (C=O) groups is 2. The van der Waals surface area contributed by atoms with E-state index in [0.29, 0.717) is 13.0 Å². The van der Waals surface area contributed by atoms with Crippen LogP contribution in [0.5, 0.6) is 0 Å². The lowest BCUT2D eigenvalue weighted by molar-refractivity contribution is -0.140. The molecule has 0 aliphatic rings. The van der Waals surface area contributed by atoms with Crippen molar-refractivity contribution in [3.63, 3.8) is 0 Å². The van der Waals surface area contributed by atoms with E-state index in [1.807, 2.05) is 0 Å². The van der Waals surface area contributed by atoms with Gasteiger partial charge in [0.1, 0.15) is 5.56 Å². The molecule has 0 unspecified atom stereocenters. The number of H-pyrrole nitrogens is 1. The number of hydrogen-bond acceptors (Lipinski definition) is 4. The summed E-state index contributed by atoms with van der Waals surface area (Å²) >= 11 is 0. The fourth-order valence-electron chi connectivity index (χ4n) is 1.72. The van der Waals surface area contributed by atoms with E-state index < -0.39 is 0 Å². The van der Waals surface area contributed by atoms with E-state index in [0.717, 1.165) is 25.0 Å². The number of methoxy groups -OCH3 is 1. The van der Waals surface area contributed by atoms with Crippen molar-refractivity contribution in [1.29, 1.82) is 0 Å². The van der Waals surface area contributed by atoms with Gasteiger partial charge in [0.05, 0.1) is 7.11 Å². The van der Waals surface area contributed by atoms with Crippen molar-refractivity contribution in [1.82, 2.24) is 10.3 Å². The van der Waals surface area contributed by atoms with Crippen molar-refractivity contribution < 1.29 is 14.3 Å². The molecule has 0 saturated carbocycles. The smallest absolute Gasteiger partial charge is 0.305 e. The molecule has 2 N–H and O–H groups in total. The Morgan fingerprint density at radius 2 is 2.00 bits per heavy atom. The van der Waals surface area contributed by atoms with Crippen LogP contribution >= 0.6 is 0 Å². The second-order valence-corrected chi connectivity index (χ2v) is 4.53. The second-order valence-electron chi connectivity index (χ2n) is 4.53. The monoisotopic (exact) mass is 280 g/mol. The molecule has 0 aliphatic heterocycles. The lowest BCUT2D eigenvalue weighted by Gasteiger charge is -2.05. The molecule has 0 aromatic carbocycles. The Morgan fingerprint density at radius 1 is 1.25 bits per heavy atom. The van der Waals surface area contributed by atoms with E-state index >= 15 is 0 Å². The highest BCUT2D eigenvalue weighted by molar-refractivity contribution is 5.93. The van der Waals surface area contributed by atoms with Crippen LogP contribution in [0.3, 0.4) is 0 Å². The summed E-state index contributed by atoms with van der Waals surface area (Å²) in [6, 6.07) is 3.20. The normalized spacial score (nSPS) is 10.1. The molecule has 6 nitrogen and oxygen atoms in total. The number of amides is 1. The van der Waals surface area contributed by atoms with Crippen LogP contribution in [0.2, 0.25) is 0 Å². The number of rotatable bonds is 7. The van der Waals surface area contributed by atoms with Gasteiger partial charge in [0, 0.05) is 18.7 Å². The molecule has 20 heavy (non-hydrogen) atoms. The largest absolute Gasteiger partial charge is 0.469 e. The first-order chi connectivity index (χ1) is 9.54. The molecule has 0 fully saturated rings. The van der Waals surface area contributed by atoms with Crippen molar-refractivity contribution in [2.45, 2.75) is 32.6 Å². The third-order valence-corrected chi connectivity index (χ3v) is 2.87. The van der Waals surface area contributed by atoms with Gasteiger partial charge >= 0.3 is 5.97 Å². The van der Waals surface area contributed by atoms with Gasteiger partial charge in [-0.1, -0.05) is 6.42 Å². The number of unbranched alkanes of at least 4 members (excludes halogenated alkanes) is 2. The van der Waals surface area contributed by atoms with Crippen LogP contribution in [-0.4, -0.2) is 30.5 Å². The molecule has 0 aliphatic carbocycles. The predicted octanol–water partition coefficient (Wildman–Crippen LogP) is 1.15. The zero-order valence-electron chi connectivity index (χ0n) is 11.8. The van der Waals surface area contributed by atoms with Gasteiger partial charge in [-0.05, 0) is 31.9 Å². The van der Waals surface area contributed by atoms with E-state index in [1.54, 1.807) is 13.0 Å².